The molecule has 17 heavy (non-hydrogen) atoms. The summed E-state index contributed by atoms with van der Waals surface area (Å²) in [6.45, 7) is 0. The van der Waals surface area contributed by atoms with E-state index in [0.29, 0.717) is 16.9 Å². The van der Waals surface area contributed by atoms with Gasteiger partial charge in [-0.1, -0.05) is 0 Å². The first-order valence-corrected chi connectivity index (χ1v) is 4.97. The zero-order valence-electron chi connectivity index (χ0n) is 9.14. The van der Waals surface area contributed by atoms with Crippen LogP contribution in [0.5, 0.6) is 17.2 Å². The number of phenols is 2. The van der Waals surface area contributed by atoms with E-state index in [4.69, 9.17) is 4.74 Å². The van der Waals surface area contributed by atoms with Crippen molar-refractivity contribution in [2.75, 3.05) is 7.11 Å². The molecular weight excluding hydrogens is 223 g/mol. The normalized spacial score (nSPS) is 10.2. The smallest absolute Gasteiger partial charge is 0.127 e. The molecule has 2 rings (SSSR count). The average molecular weight is 234 g/mol. The molecule has 2 aromatic rings. The predicted octanol–water partition coefficient (Wildman–Crippen LogP) is 2.91. The number of rotatable bonds is 2. The molecule has 0 aliphatic carbocycles. The molecule has 0 atom stereocenters. The average Bonchev–Trinajstić information content (AvgIpc) is 2.30. The van der Waals surface area contributed by atoms with Crippen LogP contribution in [0, 0.1) is 5.82 Å². The van der Waals surface area contributed by atoms with Crippen LogP contribution in [0.4, 0.5) is 4.39 Å². The fourth-order valence-corrected chi connectivity index (χ4v) is 1.60. The number of halogens is 1. The van der Waals surface area contributed by atoms with Gasteiger partial charge < -0.3 is 14.9 Å². The van der Waals surface area contributed by atoms with Crippen LogP contribution in [0.1, 0.15) is 0 Å². The Morgan fingerprint density at radius 1 is 0.941 bits per heavy atom. The lowest BCUT2D eigenvalue weighted by atomic mass is 10.0. The number of aromatic hydroxyl groups is 2. The number of hydrogen-bond donors (Lipinski definition) is 2. The number of phenolic OH excluding ortho intramolecular Hbond substituents is 2. The van der Waals surface area contributed by atoms with Crippen LogP contribution >= 0.6 is 0 Å². The Kier molecular flexibility index (Phi) is 2.87. The third-order valence-electron chi connectivity index (χ3n) is 2.45. The minimum absolute atomic E-state index is 0.0359. The van der Waals surface area contributed by atoms with E-state index in [2.05, 4.69) is 0 Å². The van der Waals surface area contributed by atoms with Crippen LogP contribution in [-0.4, -0.2) is 17.3 Å². The number of methoxy groups -OCH3 is 1. The molecule has 0 saturated heterocycles. The molecule has 0 aliphatic heterocycles. The van der Waals surface area contributed by atoms with Gasteiger partial charge in [0, 0.05) is 23.3 Å². The van der Waals surface area contributed by atoms with Crippen LogP contribution in [0.25, 0.3) is 11.1 Å². The fourth-order valence-electron chi connectivity index (χ4n) is 1.60. The van der Waals surface area contributed by atoms with Crippen molar-refractivity contribution < 1.29 is 19.3 Å². The van der Waals surface area contributed by atoms with Crippen molar-refractivity contribution in [3.05, 3.63) is 42.2 Å². The molecule has 3 nitrogen and oxygen atoms in total. The minimum atomic E-state index is -0.528. The highest BCUT2D eigenvalue weighted by atomic mass is 19.1. The van der Waals surface area contributed by atoms with Crippen LogP contribution < -0.4 is 4.74 Å². The molecule has 0 saturated carbocycles. The third kappa shape index (κ3) is 2.15. The summed E-state index contributed by atoms with van der Waals surface area (Å²) in [6.07, 6.45) is 0. The number of ether oxygens (including phenoxy) is 1. The van der Waals surface area contributed by atoms with Gasteiger partial charge in [0.15, 0.2) is 0 Å². The molecule has 0 fully saturated rings. The summed E-state index contributed by atoms with van der Waals surface area (Å²) in [6, 6.07) is 8.31. The van der Waals surface area contributed by atoms with Crippen molar-refractivity contribution in [1.82, 2.24) is 0 Å². The van der Waals surface area contributed by atoms with Gasteiger partial charge in [-0.15, -0.1) is 0 Å². The van der Waals surface area contributed by atoms with Gasteiger partial charge in [-0.3, -0.25) is 0 Å². The summed E-state index contributed by atoms with van der Waals surface area (Å²) >= 11 is 0. The third-order valence-corrected chi connectivity index (χ3v) is 2.45. The van der Waals surface area contributed by atoms with Crippen molar-refractivity contribution in [2.45, 2.75) is 0 Å². The van der Waals surface area contributed by atoms with E-state index in [9.17, 15) is 14.6 Å². The Balaban J connectivity index is 2.53. The first kappa shape index (κ1) is 11.3. The zero-order chi connectivity index (χ0) is 12.4. The summed E-state index contributed by atoms with van der Waals surface area (Å²) in [5.41, 5.74) is 0.787. The van der Waals surface area contributed by atoms with E-state index in [0.717, 1.165) is 6.07 Å². The van der Waals surface area contributed by atoms with Crippen molar-refractivity contribution in [1.29, 1.82) is 0 Å². The largest absolute Gasteiger partial charge is 0.507 e. The molecule has 0 radical (unpaired) electrons. The van der Waals surface area contributed by atoms with E-state index in [1.807, 2.05) is 0 Å². The first-order valence-electron chi connectivity index (χ1n) is 4.97. The second-order valence-corrected chi connectivity index (χ2v) is 3.54. The maximum absolute atomic E-state index is 12.8. The standard InChI is InChI=1S/C13H11FO3/c1-17-9-3-5-11(13(16)7-9)10-4-2-8(14)6-12(10)15/h2-7,15-16H,1H3. The maximum Gasteiger partial charge on any atom is 0.127 e. The summed E-state index contributed by atoms with van der Waals surface area (Å²) < 4.78 is 17.8. The minimum Gasteiger partial charge on any atom is -0.507 e. The Bertz CT molecular complexity index is 552. The molecule has 88 valence electrons. The van der Waals surface area contributed by atoms with E-state index in [-0.39, 0.29) is 11.5 Å². The van der Waals surface area contributed by atoms with Gasteiger partial charge in [-0.2, -0.15) is 0 Å². The quantitative estimate of drug-likeness (QED) is 0.839. The highest BCUT2D eigenvalue weighted by Gasteiger charge is 2.10. The summed E-state index contributed by atoms with van der Waals surface area (Å²) in [7, 11) is 1.49. The van der Waals surface area contributed by atoms with Crippen LogP contribution in [0.2, 0.25) is 0 Å². The Morgan fingerprint density at radius 3 is 2.06 bits per heavy atom. The summed E-state index contributed by atoms with van der Waals surface area (Å²) in [4.78, 5) is 0. The zero-order valence-corrected chi connectivity index (χ0v) is 9.14. The molecule has 0 spiro atoms. The van der Waals surface area contributed by atoms with Crippen molar-refractivity contribution in [3.8, 4) is 28.4 Å². The molecular formula is C13H11FO3. The fraction of sp³-hybridized carbons (Fsp3) is 0.0769. The molecule has 2 aromatic carbocycles. The molecule has 0 amide bonds. The number of benzene rings is 2. The van der Waals surface area contributed by atoms with Crippen LogP contribution in [-0.2, 0) is 0 Å². The molecule has 0 bridgehead atoms. The molecule has 0 heterocycles. The van der Waals surface area contributed by atoms with E-state index >= 15 is 0 Å². The maximum atomic E-state index is 12.8. The van der Waals surface area contributed by atoms with E-state index in [1.165, 1.54) is 25.3 Å². The van der Waals surface area contributed by atoms with E-state index < -0.39 is 5.82 Å². The van der Waals surface area contributed by atoms with Crippen molar-refractivity contribution >= 4 is 0 Å². The van der Waals surface area contributed by atoms with Gasteiger partial charge in [0.05, 0.1) is 7.11 Å². The Morgan fingerprint density at radius 2 is 1.53 bits per heavy atom. The Hall–Kier alpha value is -2.23. The summed E-state index contributed by atoms with van der Waals surface area (Å²) in [5.74, 6) is -0.274. The van der Waals surface area contributed by atoms with Crippen molar-refractivity contribution in [3.63, 3.8) is 0 Å². The lowest BCUT2D eigenvalue weighted by Crippen LogP contribution is -1.85. The van der Waals surface area contributed by atoms with Gasteiger partial charge in [0.2, 0.25) is 0 Å². The second-order valence-electron chi connectivity index (χ2n) is 3.54. The molecule has 4 heteroatoms. The van der Waals surface area contributed by atoms with Gasteiger partial charge in [-0.05, 0) is 24.3 Å². The molecule has 0 aliphatic rings. The lowest BCUT2D eigenvalue weighted by molar-refractivity contribution is 0.408. The van der Waals surface area contributed by atoms with Crippen LogP contribution in [0.15, 0.2) is 36.4 Å². The topological polar surface area (TPSA) is 49.7 Å². The van der Waals surface area contributed by atoms with E-state index in [1.54, 1.807) is 12.1 Å². The monoisotopic (exact) mass is 234 g/mol. The molecule has 0 aromatic heterocycles. The molecule has 0 unspecified atom stereocenters. The van der Waals surface area contributed by atoms with Crippen molar-refractivity contribution in [2.24, 2.45) is 0 Å². The molecule has 2 N–H and O–H groups in total. The lowest BCUT2D eigenvalue weighted by Gasteiger charge is -2.08. The van der Waals surface area contributed by atoms with Gasteiger partial charge in [0.25, 0.3) is 0 Å². The second kappa shape index (κ2) is 4.33. The first-order chi connectivity index (χ1) is 8.11. The predicted molar refractivity (Wildman–Crippen MR) is 61.7 cm³/mol. The Labute approximate surface area is 97.7 Å². The summed E-state index contributed by atoms with van der Waals surface area (Å²) in [5, 5.41) is 19.4. The van der Waals surface area contributed by atoms with Gasteiger partial charge in [0.1, 0.15) is 23.1 Å². The highest BCUT2D eigenvalue weighted by molar-refractivity contribution is 5.75. The SMILES string of the molecule is COc1ccc(-c2ccc(F)cc2O)c(O)c1. The number of hydrogen-bond acceptors (Lipinski definition) is 3. The highest BCUT2D eigenvalue weighted by Crippen LogP contribution is 2.37. The van der Waals surface area contributed by atoms with Crippen LogP contribution in [0.3, 0.4) is 0 Å². The van der Waals surface area contributed by atoms with Gasteiger partial charge >= 0.3 is 0 Å². The van der Waals surface area contributed by atoms with Gasteiger partial charge in [-0.25, -0.2) is 4.39 Å².